The summed E-state index contributed by atoms with van der Waals surface area (Å²) in [6, 6.07) is 7.01. The average Bonchev–Trinajstić information content (AvgIpc) is 3.13. The molecule has 2 aromatic heterocycles. The Morgan fingerprint density at radius 3 is 2.47 bits per heavy atom. The molecule has 0 radical (unpaired) electrons. The van der Waals surface area contributed by atoms with Gasteiger partial charge in [0.1, 0.15) is 18.5 Å². The highest BCUT2D eigenvalue weighted by Gasteiger charge is 2.36. The molecule has 2 N–H and O–H groups in total. The van der Waals surface area contributed by atoms with E-state index >= 15 is 0 Å². The third-order valence-corrected chi connectivity index (χ3v) is 7.21. The third kappa shape index (κ3) is 5.26. The number of nitrogens with zero attached hydrogens (tertiary/aromatic N) is 4. The number of alkyl halides is 3. The lowest BCUT2D eigenvalue weighted by Gasteiger charge is -2.23. The molecule has 1 fully saturated rings. The predicted octanol–water partition coefficient (Wildman–Crippen LogP) is 5.09. The van der Waals surface area contributed by atoms with Crippen LogP contribution in [0.5, 0.6) is 0 Å². The highest BCUT2D eigenvalue weighted by atomic mass is 31.2. The summed E-state index contributed by atoms with van der Waals surface area (Å²) in [5.41, 5.74) is 0.608. The molecule has 0 aliphatic carbocycles. The first-order chi connectivity index (χ1) is 16.0. The van der Waals surface area contributed by atoms with Crippen molar-refractivity contribution in [3.63, 3.8) is 0 Å². The van der Waals surface area contributed by atoms with Crippen LogP contribution >= 0.6 is 7.14 Å². The molecule has 4 rings (SSSR count). The van der Waals surface area contributed by atoms with Crippen LogP contribution in [0.3, 0.4) is 0 Å². The van der Waals surface area contributed by atoms with Gasteiger partial charge in [-0.05, 0) is 45.2 Å². The number of halogens is 3. The minimum absolute atomic E-state index is 0.0501. The number of nitrogens with one attached hydrogen (secondary N) is 2. The fraction of sp³-hybridized carbons (Fsp3) is 0.409. The van der Waals surface area contributed by atoms with E-state index < -0.39 is 24.7 Å². The van der Waals surface area contributed by atoms with Gasteiger partial charge in [-0.2, -0.15) is 23.3 Å². The predicted molar refractivity (Wildman–Crippen MR) is 125 cm³/mol. The maximum absolute atomic E-state index is 13.7. The van der Waals surface area contributed by atoms with E-state index in [-0.39, 0.29) is 12.0 Å². The van der Waals surface area contributed by atoms with Crippen molar-refractivity contribution in [2.24, 2.45) is 0 Å². The van der Waals surface area contributed by atoms with Gasteiger partial charge < -0.3 is 19.9 Å². The molecule has 0 amide bonds. The van der Waals surface area contributed by atoms with Gasteiger partial charge in [0.25, 0.3) is 0 Å². The Labute approximate surface area is 195 Å². The normalized spacial score (nSPS) is 15.4. The van der Waals surface area contributed by atoms with Crippen LogP contribution in [0.15, 0.2) is 36.7 Å². The second-order valence-electron chi connectivity index (χ2n) is 8.50. The van der Waals surface area contributed by atoms with E-state index in [1.165, 1.54) is 6.20 Å². The molecule has 0 spiro atoms. The fourth-order valence-electron chi connectivity index (χ4n) is 3.89. The zero-order valence-corrected chi connectivity index (χ0v) is 20.0. The summed E-state index contributed by atoms with van der Waals surface area (Å²) in [6.07, 6.45) is -0.854. The van der Waals surface area contributed by atoms with E-state index in [0.29, 0.717) is 35.6 Å². The first kappa shape index (κ1) is 24.2. The topological polar surface area (TPSA) is 94.0 Å². The lowest BCUT2D eigenvalue weighted by atomic mass is 10.1. The number of hydrogen-bond acceptors (Lipinski definition) is 7. The van der Waals surface area contributed by atoms with E-state index in [9.17, 15) is 17.7 Å². The number of anilines is 4. The molecule has 1 saturated heterocycles. The zero-order valence-electron chi connectivity index (χ0n) is 19.1. The van der Waals surface area contributed by atoms with Gasteiger partial charge in [-0.3, -0.25) is 4.68 Å². The molecule has 182 valence electrons. The van der Waals surface area contributed by atoms with Crippen molar-refractivity contribution in [1.82, 2.24) is 19.7 Å². The van der Waals surface area contributed by atoms with Gasteiger partial charge in [-0.1, -0.05) is 12.1 Å². The number of ether oxygens (including phenoxy) is 1. The summed E-state index contributed by atoms with van der Waals surface area (Å²) in [6.45, 7) is 6.28. The minimum atomic E-state index is -4.66. The zero-order chi connectivity index (χ0) is 24.5. The van der Waals surface area contributed by atoms with Crippen molar-refractivity contribution in [3.05, 3.63) is 47.9 Å². The first-order valence-corrected chi connectivity index (χ1v) is 13.4. The second kappa shape index (κ2) is 9.38. The van der Waals surface area contributed by atoms with Crippen LogP contribution in [0.4, 0.5) is 36.3 Å². The molecule has 0 saturated carbocycles. The SMILES string of the molecule is Cc1c(Nc2nc(Nc3ccccc3P(C)(C)=O)ncc2C(F)(F)F)cnn1C1CCOCC1. The number of rotatable bonds is 6. The van der Waals surface area contributed by atoms with Crippen molar-refractivity contribution >= 4 is 35.6 Å². The molecule has 1 aliphatic heterocycles. The van der Waals surface area contributed by atoms with Gasteiger partial charge in [-0.15, -0.1) is 0 Å². The monoisotopic (exact) mass is 494 g/mol. The molecule has 3 heterocycles. The lowest BCUT2D eigenvalue weighted by molar-refractivity contribution is -0.137. The number of para-hydroxylation sites is 1. The molecule has 1 aliphatic rings. The van der Waals surface area contributed by atoms with E-state index in [1.807, 2.05) is 4.68 Å². The van der Waals surface area contributed by atoms with E-state index in [0.717, 1.165) is 19.0 Å². The largest absolute Gasteiger partial charge is 0.421 e. The van der Waals surface area contributed by atoms with Crippen LogP contribution < -0.4 is 15.9 Å². The highest BCUT2D eigenvalue weighted by molar-refractivity contribution is 7.70. The number of aromatic nitrogens is 4. The van der Waals surface area contributed by atoms with Gasteiger partial charge >= 0.3 is 6.18 Å². The summed E-state index contributed by atoms with van der Waals surface area (Å²) in [5, 5.41) is 10.7. The maximum atomic E-state index is 13.7. The maximum Gasteiger partial charge on any atom is 0.421 e. The molecule has 1 aromatic carbocycles. The van der Waals surface area contributed by atoms with Crippen LogP contribution in [0, 0.1) is 6.92 Å². The molecule has 0 atom stereocenters. The Bertz CT molecular complexity index is 1220. The molecular weight excluding hydrogens is 468 g/mol. The minimum Gasteiger partial charge on any atom is -0.381 e. The summed E-state index contributed by atoms with van der Waals surface area (Å²) < 4.78 is 61.0. The third-order valence-electron chi connectivity index (χ3n) is 5.66. The first-order valence-electron chi connectivity index (χ1n) is 10.8. The highest BCUT2D eigenvalue weighted by Crippen LogP contribution is 2.39. The van der Waals surface area contributed by atoms with Crippen LogP contribution in [0.2, 0.25) is 0 Å². The van der Waals surface area contributed by atoms with Crippen molar-refractivity contribution < 1.29 is 22.5 Å². The molecular formula is C22H26F3N6O2P. The van der Waals surface area contributed by atoms with Crippen LogP contribution in [0.1, 0.15) is 30.1 Å². The number of hydrogen-bond donors (Lipinski definition) is 2. The molecule has 0 unspecified atom stereocenters. The van der Waals surface area contributed by atoms with Gasteiger partial charge in [0, 0.05) is 24.7 Å². The summed E-state index contributed by atoms with van der Waals surface area (Å²) in [5.74, 6) is -0.445. The second-order valence-corrected chi connectivity index (χ2v) is 11.7. The standard InChI is InChI=1S/C22H26F3N6O2P/c1-14-18(13-27-31(14)15-8-10-33-11-9-15)28-20-16(22(23,24)25)12-26-21(30-20)29-17-6-4-5-7-19(17)34(2,3)32/h4-7,12-13,15H,8-11H2,1-3H3,(H2,26,28,29,30). The fourth-order valence-corrected chi connectivity index (χ4v) is 5.04. The summed E-state index contributed by atoms with van der Waals surface area (Å²) in [4.78, 5) is 7.98. The van der Waals surface area contributed by atoms with E-state index in [2.05, 4.69) is 25.7 Å². The van der Waals surface area contributed by atoms with E-state index in [1.54, 1.807) is 44.5 Å². The summed E-state index contributed by atoms with van der Waals surface area (Å²) >= 11 is 0. The van der Waals surface area contributed by atoms with Gasteiger partial charge in [0.15, 0.2) is 0 Å². The van der Waals surface area contributed by atoms with E-state index in [4.69, 9.17) is 4.74 Å². The average molecular weight is 494 g/mol. The van der Waals surface area contributed by atoms with Crippen LogP contribution in [0.25, 0.3) is 0 Å². The van der Waals surface area contributed by atoms with Crippen LogP contribution in [-0.2, 0) is 15.5 Å². The molecule has 34 heavy (non-hydrogen) atoms. The van der Waals surface area contributed by atoms with Crippen molar-refractivity contribution in [3.8, 4) is 0 Å². The Morgan fingerprint density at radius 1 is 1.09 bits per heavy atom. The lowest BCUT2D eigenvalue weighted by Crippen LogP contribution is -2.21. The van der Waals surface area contributed by atoms with Crippen LogP contribution in [-0.4, -0.2) is 46.3 Å². The smallest absolute Gasteiger partial charge is 0.381 e. The van der Waals surface area contributed by atoms with Gasteiger partial charge in [-0.25, -0.2) is 4.98 Å². The quantitative estimate of drug-likeness (QED) is 0.461. The molecule has 3 aromatic rings. The Morgan fingerprint density at radius 2 is 1.79 bits per heavy atom. The Balaban J connectivity index is 1.67. The van der Waals surface area contributed by atoms with Crippen molar-refractivity contribution in [1.29, 1.82) is 0 Å². The summed E-state index contributed by atoms with van der Waals surface area (Å²) in [7, 11) is -2.65. The molecule has 0 bridgehead atoms. The molecule has 12 heteroatoms. The van der Waals surface area contributed by atoms with Crippen molar-refractivity contribution in [2.75, 3.05) is 37.2 Å². The Kier molecular flexibility index (Phi) is 6.69. The Hall–Kier alpha value is -2.91. The van der Waals surface area contributed by atoms with Crippen molar-refractivity contribution in [2.45, 2.75) is 32.0 Å². The van der Waals surface area contributed by atoms with Gasteiger partial charge in [0.2, 0.25) is 5.95 Å². The molecule has 8 nitrogen and oxygen atoms in total. The van der Waals surface area contributed by atoms with Gasteiger partial charge in [0.05, 0.1) is 29.3 Å². The number of benzene rings is 1.